The van der Waals surface area contributed by atoms with Crippen molar-refractivity contribution < 1.29 is 9.18 Å². The molecule has 0 atom stereocenters. The molecule has 0 aromatic heterocycles. The molecular weight excluding hydrogens is 313 g/mol. The molecule has 1 rings (SSSR count). The molecule has 1 aromatic rings. The molecule has 0 unspecified atom stereocenters. The predicted octanol–water partition coefficient (Wildman–Crippen LogP) is 6.82. The monoisotopic (exact) mass is 355 g/mol. The molecule has 0 aliphatic heterocycles. The van der Waals surface area contributed by atoms with Gasteiger partial charge in [-0.1, -0.05) is 91.3 Å². The molecule has 1 aromatic carbocycles. The highest BCUT2D eigenvalue weighted by Crippen LogP contribution is 2.07. The van der Waals surface area contributed by atoms with Crippen LogP contribution in [0.4, 0.5) is 4.39 Å². The van der Waals surface area contributed by atoms with Crippen LogP contribution in [0.3, 0.4) is 0 Å². The summed E-state index contributed by atoms with van der Waals surface area (Å²) in [6.45, 7) is 17.2. The van der Waals surface area contributed by atoms with Crippen LogP contribution in [0, 0.1) is 31.5 Å². The van der Waals surface area contributed by atoms with Crippen LogP contribution in [-0.4, -0.2) is 6.41 Å². The van der Waals surface area contributed by atoms with Gasteiger partial charge in [-0.2, -0.15) is 0 Å². The van der Waals surface area contributed by atoms with Gasteiger partial charge in [-0.05, 0) is 37.3 Å². The van der Waals surface area contributed by atoms with Crippen LogP contribution >= 0.6 is 0 Å². The fraction of sp³-hybridized carbons (Fsp3) is 0.682. The second-order valence-corrected chi connectivity index (χ2v) is 7.08. The van der Waals surface area contributed by atoms with Crippen LogP contribution in [0.2, 0.25) is 0 Å². The van der Waals surface area contributed by atoms with Crippen LogP contribution in [0.25, 0.3) is 0 Å². The Morgan fingerprint density at radius 2 is 1.52 bits per heavy atom. The van der Waals surface area contributed by atoms with E-state index in [-0.39, 0.29) is 12.2 Å². The van der Waals surface area contributed by atoms with Crippen LogP contribution in [-0.2, 0) is 4.79 Å². The molecule has 2 N–H and O–H groups in total. The predicted molar refractivity (Wildman–Crippen MR) is 110 cm³/mol. The van der Waals surface area contributed by atoms with Gasteiger partial charge in [0.1, 0.15) is 5.82 Å². The summed E-state index contributed by atoms with van der Waals surface area (Å²) in [5.74, 6) is 1.66. The first-order chi connectivity index (χ1) is 11.7. The van der Waals surface area contributed by atoms with Gasteiger partial charge in [0.15, 0.2) is 0 Å². The number of nitrogens with two attached hydrogens (primary N) is 1. The summed E-state index contributed by atoms with van der Waals surface area (Å²) in [6.07, 6.45) is 7.16. The smallest absolute Gasteiger partial charge is 0.204 e. The van der Waals surface area contributed by atoms with Crippen molar-refractivity contribution in [2.75, 3.05) is 0 Å². The lowest BCUT2D eigenvalue weighted by Gasteiger charge is -2.00. The second-order valence-electron chi connectivity index (χ2n) is 7.08. The molecule has 0 bridgehead atoms. The number of halogens is 1. The summed E-state index contributed by atoms with van der Waals surface area (Å²) in [4.78, 5) is 8.58. The lowest BCUT2D eigenvalue weighted by Crippen LogP contribution is -1.85. The average Bonchev–Trinajstić information content (AvgIpc) is 2.53. The van der Waals surface area contributed by atoms with Gasteiger partial charge < -0.3 is 5.73 Å². The Hall–Kier alpha value is -1.38. The summed E-state index contributed by atoms with van der Waals surface area (Å²) in [7, 11) is 0. The fourth-order valence-electron chi connectivity index (χ4n) is 1.60. The van der Waals surface area contributed by atoms with Crippen molar-refractivity contribution in [2.45, 2.75) is 87.5 Å². The summed E-state index contributed by atoms with van der Waals surface area (Å²) in [6, 6.07) is 5.09. The molecule has 0 radical (unpaired) electrons. The van der Waals surface area contributed by atoms with Crippen LogP contribution < -0.4 is 5.73 Å². The molecule has 1 amide bonds. The third-order valence-corrected chi connectivity index (χ3v) is 3.51. The second kappa shape index (κ2) is 20.7. The van der Waals surface area contributed by atoms with Crippen molar-refractivity contribution in [3.05, 3.63) is 35.1 Å². The van der Waals surface area contributed by atoms with E-state index in [4.69, 9.17) is 4.79 Å². The molecule has 0 saturated heterocycles. The molecule has 0 aliphatic carbocycles. The molecule has 25 heavy (non-hydrogen) atoms. The molecule has 0 aliphatic rings. The number of hydrogen-bond donors (Lipinski definition) is 1. The maximum atomic E-state index is 12.5. The molecular formula is C22H42FNO. The standard InChI is InChI=1S/C8H9F.C8H18.C5H12.CH3NO/c1-6-3-4-8(9)7(2)5-6;1-4-5-6-7-8(2)3;1-4-5(2)3;2-1-3/h3-5H,1-2H3;8H,4-7H2,1-3H3;5H,4H2,1-3H3;1H,(H2,2,3). The summed E-state index contributed by atoms with van der Waals surface area (Å²) in [5, 5.41) is 0. The number of unbranched alkanes of at least 4 members (excludes halogenated alkanes) is 2. The highest BCUT2D eigenvalue weighted by Gasteiger charge is 1.93. The minimum absolute atomic E-state index is 0.124. The van der Waals surface area contributed by atoms with Crippen LogP contribution in [0.1, 0.15) is 84.8 Å². The fourth-order valence-corrected chi connectivity index (χ4v) is 1.60. The van der Waals surface area contributed by atoms with Crippen molar-refractivity contribution >= 4 is 6.41 Å². The van der Waals surface area contributed by atoms with Crippen molar-refractivity contribution in [1.82, 2.24) is 0 Å². The van der Waals surface area contributed by atoms with Crippen LogP contribution in [0.5, 0.6) is 0 Å². The topological polar surface area (TPSA) is 43.1 Å². The largest absolute Gasteiger partial charge is 0.372 e. The SMILES string of the molecule is CCC(C)C.CCCCCC(C)C.Cc1ccc(F)c(C)c1.NC=O. The van der Waals surface area contributed by atoms with Gasteiger partial charge in [-0.15, -0.1) is 0 Å². The molecule has 0 saturated carbocycles. The number of amides is 1. The zero-order valence-corrected chi connectivity index (χ0v) is 17.9. The number of carbonyl (C=O) groups excluding carboxylic acids is 1. The van der Waals surface area contributed by atoms with Gasteiger partial charge in [0.25, 0.3) is 0 Å². The number of aryl methyl sites for hydroxylation is 2. The Morgan fingerprint density at radius 1 is 1.04 bits per heavy atom. The number of hydrogen-bond acceptors (Lipinski definition) is 1. The zero-order chi connectivity index (χ0) is 20.3. The van der Waals surface area contributed by atoms with Crippen molar-refractivity contribution in [1.29, 1.82) is 0 Å². The lowest BCUT2D eigenvalue weighted by atomic mass is 10.1. The molecule has 148 valence electrons. The number of carbonyl (C=O) groups is 1. The first-order valence-corrected chi connectivity index (χ1v) is 9.54. The van der Waals surface area contributed by atoms with Gasteiger partial charge in [0.05, 0.1) is 0 Å². The number of benzene rings is 1. The Morgan fingerprint density at radius 3 is 1.80 bits per heavy atom. The molecule has 2 nitrogen and oxygen atoms in total. The van der Waals surface area contributed by atoms with Gasteiger partial charge in [0, 0.05) is 0 Å². The number of primary amides is 1. The van der Waals surface area contributed by atoms with Gasteiger partial charge in [-0.25, -0.2) is 4.39 Å². The Kier molecular flexibility index (Phi) is 23.5. The first kappa shape index (κ1) is 28.4. The summed E-state index contributed by atoms with van der Waals surface area (Å²) < 4.78 is 12.5. The molecule has 0 spiro atoms. The Labute approximate surface area is 156 Å². The minimum Gasteiger partial charge on any atom is -0.372 e. The summed E-state index contributed by atoms with van der Waals surface area (Å²) >= 11 is 0. The lowest BCUT2D eigenvalue weighted by molar-refractivity contribution is -0.106. The summed E-state index contributed by atoms with van der Waals surface area (Å²) in [5.41, 5.74) is 5.99. The third kappa shape index (κ3) is 27.7. The van der Waals surface area contributed by atoms with Crippen molar-refractivity contribution in [3.8, 4) is 0 Å². The molecule has 0 heterocycles. The maximum absolute atomic E-state index is 12.5. The van der Waals surface area contributed by atoms with Gasteiger partial charge in [-0.3, -0.25) is 4.79 Å². The Bertz CT molecular complexity index is 403. The molecule has 3 heteroatoms. The van der Waals surface area contributed by atoms with Crippen molar-refractivity contribution in [2.24, 2.45) is 17.6 Å². The zero-order valence-electron chi connectivity index (χ0n) is 17.9. The molecule has 0 fully saturated rings. The third-order valence-electron chi connectivity index (χ3n) is 3.51. The van der Waals surface area contributed by atoms with E-state index >= 15 is 0 Å². The van der Waals surface area contributed by atoms with E-state index in [2.05, 4.69) is 47.3 Å². The first-order valence-electron chi connectivity index (χ1n) is 9.54. The van der Waals surface area contributed by atoms with E-state index in [1.54, 1.807) is 13.0 Å². The van der Waals surface area contributed by atoms with Crippen LogP contribution in [0.15, 0.2) is 18.2 Å². The maximum Gasteiger partial charge on any atom is 0.204 e. The average molecular weight is 356 g/mol. The normalized spacial score (nSPS) is 9.24. The minimum atomic E-state index is -0.124. The Balaban J connectivity index is -0.000000278. The van der Waals surface area contributed by atoms with E-state index in [0.717, 1.165) is 23.0 Å². The number of rotatable bonds is 5. The quantitative estimate of drug-likeness (QED) is 0.457. The van der Waals surface area contributed by atoms with E-state index in [9.17, 15) is 4.39 Å². The van der Waals surface area contributed by atoms with Gasteiger partial charge >= 0.3 is 0 Å². The highest BCUT2D eigenvalue weighted by molar-refractivity contribution is 5.42. The van der Waals surface area contributed by atoms with E-state index in [0.29, 0.717) is 0 Å². The van der Waals surface area contributed by atoms with E-state index < -0.39 is 0 Å². The van der Waals surface area contributed by atoms with Crippen molar-refractivity contribution in [3.63, 3.8) is 0 Å². The van der Waals surface area contributed by atoms with E-state index in [1.807, 2.05) is 13.0 Å². The van der Waals surface area contributed by atoms with E-state index in [1.165, 1.54) is 38.2 Å². The van der Waals surface area contributed by atoms with Gasteiger partial charge in [0.2, 0.25) is 6.41 Å². The highest BCUT2D eigenvalue weighted by atomic mass is 19.1.